The number of hydrogen-bond donors (Lipinski definition) is 2. The largest absolute Gasteiger partial charge is 0.396 e. The summed E-state index contributed by atoms with van der Waals surface area (Å²) in [5.74, 6) is 0.130. The maximum absolute atomic E-state index is 12.7. The summed E-state index contributed by atoms with van der Waals surface area (Å²) < 4.78 is 2.91. The van der Waals surface area contributed by atoms with Crippen LogP contribution < -0.4 is 11.0 Å². The van der Waals surface area contributed by atoms with Crippen molar-refractivity contribution in [3.63, 3.8) is 0 Å². The minimum Gasteiger partial charge on any atom is -0.396 e. The molecule has 0 unspecified atom stereocenters. The van der Waals surface area contributed by atoms with E-state index in [1.54, 1.807) is 23.2 Å². The number of aromatic nitrogens is 3. The van der Waals surface area contributed by atoms with Gasteiger partial charge in [-0.05, 0) is 55.5 Å². The lowest BCUT2D eigenvalue weighted by Gasteiger charge is -2.37. The predicted molar refractivity (Wildman–Crippen MR) is 110 cm³/mol. The number of aliphatic hydroxyl groups is 1. The molecule has 0 spiro atoms. The van der Waals surface area contributed by atoms with Gasteiger partial charge < -0.3 is 15.3 Å². The van der Waals surface area contributed by atoms with Crippen molar-refractivity contribution in [3.05, 3.63) is 64.7 Å². The van der Waals surface area contributed by atoms with E-state index >= 15 is 0 Å². The first kappa shape index (κ1) is 19.2. The average molecular weight is 395 g/mol. The summed E-state index contributed by atoms with van der Waals surface area (Å²) in [6.45, 7) is 3.00. The van der Waals surface area contributed by atoms with E-state index in [0.717, 1.165) is 18.4 Å². The number of aliphatic hydroxyl groups excluding tert-OH is 1. The fraction of sp³-hybridized carbons (Fsp3) is 0.381. The number of rotatable bonds is 4. The highest BCUT2D eigenvalue weighted by atomic mass is 16.3. The molecular weight excluding hydrogens is 370 g/mol. The van der Waals surface area contributed by atoms with E-state index in [9.17, 15) is 14.7 Å². The Kier molecular flexibility index (Phi) is 5.35. The zero-order valence-electron chi connectivity index (χ0n) is 16.4. The molecule has 3 heterocycles. The Morgan fingerprint density at radius 2 is 2.10 bits per heavy atom. The van der Waals surface area contributed by atoms with Gasteiger partial charge in [0.15, 0.2) is 5.65 Å². The molecule has 29 heavy (non-hydrogen) atoms. The third kappa shape index (κ3) is 4.02. The number of urea groups is 1. The van der Waals surface area contributed by atoms with Crippen LogP contribution in [0.15, 0.2) is 53.5 Å². The molecule has 4 rings (SSSR count). The van der Waals surface area contributed by atoms with Crippen molar-refractivity contribution in [1.29, 1.82) is 0 Å². The summed E-state index contributed by atoms with van der Waals surface area (Å²) in [5, 5.41) is 16.7. The molecule has 2 atom stereocenters. The monoisotopic (exact) mass is 395 g/mol. The SMILES string of the molecule is C[C@H]1CC[C@H](CO)CN1C(=O)Nc1cccc(Cn2nc3ccccn3c2=O)c1. The normalized spacial score (nSPS) is 19.4. The molecule has 2 amide bonds. The highest BCUT2D eigenvalue weighted by molar-refractivity contribution is 5.89. The van der Waals surface area contributed by atoms with Gasteiger partial charge in [-0.25, -0.2) is 14.3 Å². The first-order valence-electron chi connectivity index (χ1n) is 9.87. The minimum absolute atomic E-state index is 0.0970. The van der Waals surface area contributed by atoms with Gasteiger partial charge in [-0.2, -0.15) is 0 Å². The Labute approximate surface area is 168 Å². The van der Waals surface area contributed by atoms with E-state index in [0.29, 0.717) is 24.4 Å². The van der Waals surface area contributed by atoms with Gasteiger partial charge in [-0.15, -0.1) is 5.10 Å². The van der Waals surface area contributed by atoms with Gasteiger partial charge in [-0.3, -0.25) is 4.40 Å². The summed E-state index contributed by atoms with van der Waals surface area (Å²) in [6.07, 6.45) is 3.51. The van der Waals surface area contributed by atoms with Crippen LogP contribution in [0, 0.1) is 5.92 Å². The van der Waals surface area contributed by atoms with E-state index in [-0.39, 0.29) is 30.3 Å². The van der Waals surface area contributed by atoms with Crippen LogP contribution in [0.5, 0.6) is 0 Å². The third-order valence-corrected chi connectivity index (χ3v) is 5.50. The summed E-state index contributed by atoms with van der Waals surface area (Å²) in [7, 11) is 0. The van der Waals surface area contributed by atoms with Crippen molar-refractivity contribution in [1.82, 2.24) is 19.1 Å². The van der Waals surface area contributed by atoms with Crippen molar-refractivity contribution < 1.29 is 9.90 Å². The smallest absolute Gasteiger partial charge is 0.350 e. The van der Waals surface area contributed by atoms with E-state index in [4.69, 9.17) is 0 Å². The lowest BCUT2D eigenvalue weighted by Crippen LogP contribution is -2.48. The molecule has 0 bridgehead atoms. The second-order valence-electron chi connectivity index (χ2n) is 7.63. The number of carbonyl (C=O) groups excluding carboxylic acids is 1. The number of hydrogen-bond acceptors (Lipinski definition) is 4. The zero-order chi connectivity index (χ0) is 20.4. The van der Waals surface area contributed by atoms with Crippen LogP contribution in [-0.4, -0.2) is 49.4 Å². The molecule has 1 aliphatic heterocycles. The summed E-state index contributed by atoms with van der Waals surface area (Å²) in [5.41, 5.74) is 1.93. The average Bonchev–Trinajstić information content (AvgIpc) is 3.04. The van der Waals surface area contributed by atoms with Crippen LogP contribution in [0.4, 0.5) is 10.5 Å². The number of nitrogens with zero attached hydrogens (tertiary/aromatic N) is 4. The molecule has 3 aromatic rings. The molecule has 1 aromatic carbocycles. The lowest BCUT2D eigenvalue weighted by molar-refractivity contribution is 0.107. The van der Waals surface area contributed by atoms with E-state index in [1.807, 2.05) is 37.3 Å². The molecular formula is C21H25N5O3. The third-order valence-electron chi connectivity index (χ3n) is 5.50. The molecule has 0 aliphatic carbocycles. The molecule has 8 heteroatoms. The fourth-order valence-corrected chi connectivity index (χ4v) is 3.80. The van der Waals surface area contributed by atoms with Crippen LogP contribution >= 0.6 is 0 Å². The van der Waals surface area contributed by atoms with E-state index in [1.165, 1.54) is 9.08 Å². The number of likely N-dealkylation sites (tertiary alicyclic amines) is 1. The Bertz CT molecular complexity index is 1070. The van der Waals surface area contributed by atoms with Crippen molar-refractivity contribution in [2.45, 2.75) is 32.4 Å². The quantitative estimate of drug-likeness (QED) is 0.708. The van der Waals surface area contributed by atoms with Crippen molar-refractivity contribution in [3.8, 4) is 0 Å². The highest BCUT2D eigenvalue weighted by Crippen LogP contribution is 2.22. The van der Waals surface area contributed by atoms with Gasteiger partial charge in [0.25, 0.3) is 0 Å². The molecule has 1 fully saturated rings. The highest BCUT2D eigenvalue weighted by Gasteiger charge is 2.28. The molecule has 1 aliphatic rings. The second-order valence-corrected chi connectivity index (χ2v) is 7.63. The Morgan fingerprint density at radius 1 is 1.24 bits per heavy atom. The fourth-order valence-electron chi connectivity index (χ4n) is 3.80. The Hall–Kier alpha value is -3.13. The van der Waals surface area contributed by atoms with Crippen LogP contribution in [0.3, 0.4) is 0 Å². The topological polar surface area (TPSA) is 91.9 Å². The van der Waals surface area contributed by atoms with Gasteiger partial charge in [0.1, 0.15) is 0 Å². The standard InChI is InChI=1S/C21H25N5O3/c1-15-8-9-17(14-27)12-25(15)20(28)22-18-6-4-5-16(11-18)13-26-21(29)24-10-3-2-7-19(24)23-26/h2-7,10-11,15,17,27H,8-9,12-14H2,1H3,(H,22,28)/t15-,17-/m0/s1. The lowest BCUT2D eigenvalue weighted by atomic mass is 9.94. The number of anilines is 1. The number of benzene rings is 1. The van der Waals surface area contributed by atoms with Crippen LogP contribution in [-0.2, 0) is 6.54 Å². The molecule has 1 saturated heterocycles. The Balaban J connectivity index is 1.49. The molecule has 0 radical (unpaired) electrons. The number of nitrogens with one attached hydrogen (secondary N) is 1. The van der Waals surface area contributed by atoms with Gasteiger partial charge in [0.05, 0.1) is 6.54 Å². The molecule has 8 nitrogen and oxygen atoms in total. The van der Waals surface area contributed by atoms with E-state index < -0.39 is 0 Å². The van der Waals surface area contributed by atoms with Crippen molar-refractivity contribution in [2.24, 2.45) is 5.92 Å². The summed E-state index contributed by atoms with van der Waals surface area (Å²) in [6, 6.07) is 12.8. The number of pyridine rings is 1. The van der Waals surface area contributed by atoms with Gasteiger partial charge in [-0.1, -0.05) is 18.2 Å². The van der Waals surface area contributed by atoms with Gasteiger partial charge in [0.2, 0.25) is 0 Å². The van der Waals surface area contributed by atoms with E-state index in [2.05, 4.69) is 10.4 Å². The van der Waals surface area contributed by atoms with Crippen molar-refractivity contribution >= 4 is 17.4 Å². The molecule has 0 saturated carbocycles. The second kappa shape index (κ2) is 8.08. The maximum atomic E-state index is 12.7. The number of fused-ring (bicyclic) bond motifs is 1. The number of piperidine rings is 1. The first-order valence-corrected chi connectivity index (χ1v) is 9.87. The van der Waals surface area contributed by atoms with Gasteiger partial charge >= 0.3 is 11.7 Å². The summed E-state index contributed by atoms with van der Waals surface area (Å²) in [4.78, 5) is 27.0. The number of amides is 2. The molecule has 2 aromatic heterocycles. The maximum Gasteiger partial charge on any atom is 0.350 e. The first-order chi connectivity index (χ1) is 14.0. The van der Waals surface area contributed by atoms with Gasteiger partial charge in [0, 0.05) is 31.1 Å². The molecule has 2 N–H and O–H groups in total. The predicted octanol–water partition coefficient (Wildman–Crippen LogP) is 2.17. The van der Waals surface area contributed by atoms with Crippen LogP contribution in [0.2, 0.25) is 0 Å². The van der Waals surface area contributed by atoms with Crippen molar-refractivity contribution in [2.75, 3.05) is 18.5 Å². The summed E-state index contributed by atoms with van der Waals surface area (Å²) >= 11 is 0. The molecule has 152 valence electrons. The Morgan fingerprint density at radius 3 is 2.90 bits per heavy atom. The van der Waals surface area contributed by atoms with Crippen LogP contribution in [0.25, 0.3) is 5.65 Å². The number of carbonyl (C=O) groups is 1. The minimum atomic E-state index is -0.202. The zero-order valence-corrected chi connectivity index (χ0v) is 16.4. The van der Waals surface area contributed by atoms with Crippen LogP contribution in [0.1, 0.15) is 25.3 Å².